The van der Waals surface area contributed by atoms with Crippen LogP contribution in [0.5, 0.6) is 11.5 Å². The quantitative estimate of drug-likeness (QED) is 0.591. The summed E-state index contributed by atoms with van der Waals surface area (Å²) in [4.78, 5) is 17.7. The molecule has 0 radical (unpaired) electrons. The average molecular weight is 458 g/mol. The zero-order chi connectivity index (χ0) is 21.9. The Hall–Kier alpha value is -2.26. The summed E-state index contributed by atoms with van der Waals surface area (Å²) in [6.07, 6.45) is 4.64. The fourth-order valence-electron chi connectivity index (χ4n) is 4.86. The number of aromatic nitrogens is 3. The van der Waals surface area contributed by atoms with Gasteiger partial charge in [-0.15, -0.1) is 10.2 Å². The van der Waals surface area contributed by atoms with E-state index in [4.69, 9.17) is 9.47 Å². The number of benzene rings is 1. The van der Waals surface area contributed by atoms with Crippen LogP contribution in [-0.4, -0.2) is 75.7 Å². The molecule has 3 aliphatic rings. The molecule has 0 bridgehead atoms. The number of nitrogens with zero attached hydrogens (tertiary/aromatic N) is 5. The molecule has 0 spiro atoms. The molecule has 1 aromatic carbocycles. The first kappa shape index (κ1) is 21.6. The SMILES string of the molecule is CCn1c(SCCN2CCCC2)nnc1C1CCCN(C(=O)c2ccc3c(c2)OCO3)C1. The first-order valence-electron chi connectivity index (χ1n) is 11.7. The standard InChI is InChI=1S/C23H31N5O3S/c1-2-28-21(24-25-23(28)32-13-12-26-9-3-4-10-26)18-6-5-11-27(15-18)22(29)17-7-8-19-20(14-17)31-16-30-19/h7-8,14,18H,2-6,9-13,15-16H2,1H3. The van der Waals surface area contributed by atoms with Gasteiger partial charge in [0.1, 0.15) is 5.82 Å². The molecule has 0 saturated carbocycles. The third-order valence-corrected chi connectivity index (χ3v) is 7.54. The Bertz CT molecular complexity index is 959. The minimum atomic E-state index is 0.0378. The topological polar surface area (TPSA) is 72.7 Å². The molecule has 0 N–H and O–H groups in total. The number of hydrogen-bond donors (Lipinski definition) is 0. The van der Waals surface area contributed by atoms with E-state index in [2.05, 4.69) is 26.6 Å². The molecule has 1 aromatic heterocycles. The smallest absolute Gasteiger partial charge is 0.254 e. The first-order chi connectivity index (χ1) is 15.7. The van der Waals surface area contributed by atoms with Gasteiger partial charge in [0.05, 0.1) is 0 Å². The second-order valence-electron chi connectivity index (χ2n) is 8.64. The van der Waals surface area contributed by atoms with Crippen molar-refractivity contribution in [3.05, 3.63) is 29.6 Å². The molecule has 9 heteroatoms. The van der Waals surface area contributed by atoms with Crippen LogP contribution in [0.1, 0.15) is 54.7 Å². The third kappa shape index (κ3) is 4.45. The van der Waals surface area contributed by atoms with Gasteiger partial charge in [0.25, 0.3) is 5.91 Å². The molecule has 0 aliphatic carbocycles. The van der Waals surface area contributed by atoms with Crippen molar-refractivity contribution in [2.75, 3.05) is 45.3 Å². The summed E-state index contributed by atoms with van der Waals surface area (Å²) in [5.41, 5.74) is 0.644. The lowest BCUT2D eigenvalue weighted by Crippen LogP contribution is -2.39. The Morgan fingerprint density at radius 2 is 1.97 bits per heavy atom. The molecule has 2 aromatic rings. The van der Waals surface area contributed by atoms with Gasteiger partial charge in [0.2, 0.25) is 6.79 Å². The van der Waals surface area contributed by atoms with Gasteiger partial charge in [0, 0.05) is 43.4 Å². The summed E-state index contributed by atoms with van der Waals surface area (Å²) in [6, 6.07) is 5.43. The molecule has 3 aliphatic heterocycles. The van der Waals surface area contributed by atoms with Gasteiger partial charge in [-0.1, -0.05) is 11.8 Å². The van der Waals surface area contributed by atoms with Crippen LogP contribution >= 0.6 is 11.8 Å². The molecule has 32 heavy (non-hydrogen) atoms. The number of carbonyl (C=O) groups excluding carboxylic acids is 1. The summed E-state index contributed by atoms with van der Waals surface area (Å²) in [5.74, 6) is 3.64. The highest BCUT2D eigenvalue weighted by atomic mass is 32.2. The van der Waals surface area contributed by atoms with E-state index in [1.165, 1.54) is 25.9 Å². The van der Waals surface area contributed by atoms with Crippen LogP contribution in [-0.2, 0) is 6.54 Å². The van der Waals surface area contributed by atoms with Crippen LogP contribution in [0.4, 0.5) is 0 Å². The second-order valence-corrected chi connectivity index (χ2v) is 9.70. The van der Waals surface area contributed by atoms with Crippen molar-refractivity contribution in [1.29, 1.82) is 0 Å². The molecule has 8 nitrogen and oxygen atoms in total. The van der Waals surface area contributed by atoms with E-state index in [1.807, 2.05) is 17.0 Å². The molecule has 5 rings (SSSR count). The van der Waals surface area contributed by atoms with Crippen molar-refractivity contribution in [3.8, 4) is 11.5 Å². The van der Waals surface area contributed by atoms with Gasteiger partial charge in [-0.25, -0.2) is 0 Å². The van der Waals surface area contributed by atoms with Crippen molar-refractivity contribution in [2.24, 2.45) is 0 Å². The van der Waals surface area contributed by atoms with E-state index in [9.17, 15) is 4.79 Å². The number of carbonyl (C=O) groups is 1. The van der Waals surface area contributed by atoms with Crippen molar-refractivity contribution in [3.63, 3.8) is 0 Å². The lowest BCUT2D eigenvalue weighted by atomic mass is 9.96. The summed E-state index contributed by atoms with van der Waals surface area (Å²) in [6.45, 7) is 8.20. The molecule has 1 atom stereocenters. The number of fused-ring (bicyclic) bond motifs is 1. The first-order valence-corrected chi connectivity index (χ1v) is 12.7. The highest BCUT2D eigenvalue weighted by molar-refractivity contribution is 7.99. The van der Waals surface area contributed by atoms with E-state index >= 15 is 0 Å². The normalized spacial score (nSPS) is 20.8. The van der Waals surface area contributed by atoms with Crippen molar-refractivity contribution < 1.29 is 14.3 Å². The minimum absolute atomic E-state index is 0.0378. The average Bonchev–Trinajstić information content (AvgIpc) is 3.59. The predicted octanol–water partition coefficient (Wildman–Crippen LogP) is 3.23. The Labute approximate surface area is 193 Å². The van der Waals surface area contributed by atoms with Gasteiger partial charge >= 0.3 is 0 Å². The van der Waals surface area contributed by atoms with Crippen LogP contribution in [0.2, 0.25) is 0 Å². The van der Waals surface area contributed by atoms with E-state index in [0.717, 1.165) is 49.2 Å². The Balaban J connectivity index is 1.24. The molecular weight excluding hydrogens is 426 g/mol. The van der Waals surface area contributed by atoms with Crippen LogP contribution < -0.4 is 9.47 Å². The van der Waals surface area contributed by atoms with Crippen LogP contribution in [0, 0.1) is 0 Å². The zero-order valence-corrected chi connectivity index (χ0v) is 19.5. The Morgan fingerprint density at radius 1 is 1.12 bits per heavy atom. The van der Waals surface area contributed by atoms with E-state index in [0.29, 0.717) is 23.6 Å². The lowest BCUT2D eigenvalue weighted by molar-refractivity contribution is 0.0702. The maximum absolute atomic E-state index is 13.2. The number of hydrogen-bond acceptors (Lipinski definition) is 7. The van der Waals surface area contributed by atoms with Crippen molar-refractivity contribution >= 4 is 17.7 Å². The van der Waals surface area contributed by atoms with Gasteiger partial charge < -0.3 is 23.8 Å². The molecule has 1 amide bonds. The summed E-state index contributed by atoms with van der Waals surface area (Å²) < 4.78 is 13.1. The minimum Gasteiger partial charge on any atom is -0.454 e. The lowest BCUT2D eigenvalue weighted by Gasteiger charge is -2.32. The second kappa shape index (κ2) is 9.70. The number of thioether (sulfide) groups is 1. The van der Waals surface area contributed by atoms with Gasteiger partial charge in [-0.2, -0.15) is 0 Å². The van der Waals surface area contributed by atoms with Crippen molar-refractivity contribution in [2.45, 2.75) is 50.2 Å². The molecule has 1 unspecified atom stereocenters. The monoisotopic (exact) mass is 457 g/mol. The van der Waals surface area contributed by atoms with Crippen molar-refractivity contribution in [1.82, 2.24) is 24.6 Å². The number of likely N-dealkylation sites (tertiary alicyclic amines) is 2. The summed E-state index contributed by atoms with van der Waals surface area (Å²) in [5, 5.41) is 10.1. The largest absolute Gasteiger partial charge is 0.454 e. The van der Waals surface area contributed by atoms with Crippen LogP contribution in [0.25, 0.3) is 0 Å². The predicted molar refractivity (Wildman–Crippen MR) is 123 cm³/mol. The number of amides is 1. The fourth-order valence-corrected chi connectivity index (χ4v) is 5.87. The molecule has 2 fully saturated rings. The Kier molecular flexibility index (Phi) is 6.54. The fraction of sp³-hybridized carbons (Fsp3) is 0.609. The van der Waals surface area contributed by atoms with Gasteiger partial charge in [0.15, 0.2) is 16.7 Å². The van der Waals surface area contributed by atoms with Gasteiger partial charge in [-0.3, -0.25) is 4.79 Å². The zero-order valence-electron chi connectivity index (χ0n) is 18.7. The molecule has 4 heterocycles. The number of ether oxygens (including phenoxy) is 2. The van der Waals surface area contributed by atoms with E-state index in [-0.39, 0.29) is 18.6 Å². The molecular formula is C23H31N5O3S. The Morgan fingerprint density at radius 3 is 2.81 bits per heavy atom. The highest BCUT2D eigenvalue weighted by Gasteiger charge is 2.30. The van der Waals surface area contributed by atoms with E-state index in [1.54, 1.807) is 17.8 Å². The van der Waals surface area contributed by atoms with Crippen LogP contribution in [0.3, 0.4) is 0 Å². The third-order valence-electron chi connectivity index (χ3n) is 6.59. The molecule has 172 valence electrons. The highest BCUT2D eigenvalue weighted by Crippen LogP contribution is 2.34. The maximum atomic E-state index is 13.2. The summed E-state index contributed by atoms with van der Waals surface area (Å²) in [7, 11) is 0. The number of piperidine rings is 1. The van der Waals surface area contributed by atoms with Gasteiger partial charge in [-0.05, 0) is 63.9 Å². The van der Waals surface area contributed by atoms with E-state index < -0.39 is 0 Å². The summed E-state index contributed by atoms with van der Waals surface area (Å²) >= 11 is 1.80. The number of rotatable bonds is 7. The van der Waals surface area contributed by atoms with Crippen LogP contribution in [0.15, 0.2) is 23.4 Å². The maximum Gasteiger partial charge on any atom is 0.254 e. The molecule has 2 saturated heterocycles.